The first-order chi connectivity index (χ1) is 24.5. The van der Waals surface area contributed by atoms with Crippen LogP contribution in [0.5, 0.6) is 0 Å². The summed E-state index contributed by atoms with van der Waals surface area (Å²) in [5.74, 6) is 2.44. The molecule has 0 bridgehead atoms. The van der Waals surface area contributed by atoms with Gasteiger partial charge in [0.25, 0.3) is 0 Å². The lowest BCUT2D eigenvalue weighted by Gasteiger charge is -2.72. The van der Waals surface area contributed by atoms with Gasteiger partial charge < -0.3 is 14.8 Å². The van der Waals surface area contributed by atoms with Gasteiger partial charge in [-0.2, -0.15) is 0 Å². The first-order valence-corrected chi connectivity index (χ1v) is 21.1. The molecular weight excluding hydrogens is 643 g/mol. The molecular formula is C47H69NO4. The van der Waals surface area contributed by atoms with E-state index in [9.17, 15) is 9.59 Å². The number of rotatable bonds is 6. The van der Waals surface area contributed by atoms with Crippen molar-refractivity contribution in [1.82, 2.24) is 5.32 Å². The lowest BCUT2D eigenvalue weighted by molar-refractivity contribution is -0.229. The Bertz CT molecular complexity index is 1590. The highest BCUT2D eigenvalue weighted by atomic mass is 16.6. The molecule has 1 aromatic rings. The van der Waals surface area contributed by atoms with Crippen LogP contribution in [0.25, 0.3) is 0 Å². The van der Waals surface area contributed by atoms with Gasteiger partial charge in [0.05, 0.1) is 5.41 Å². The predicted octanol–water partition coefficient (Wildman–Crippen LogP) is 11.8. The zero-order valence-electron chi connectivity index (χ0n) is 34.0. The number of hydrogen-bond donors (Lipinski definition) is 1. The number of ether oxygens (including phenoxy) is 2. The summed E-state index contributed by atoms with van der Waals surface area (Å²) in [6.45, 7) is 21.5. The third kappa shape index (κ3) is 6.01. The molecule has 0 radical (unpaired) electrons. The molecule has 0 heterocycles. The smallest absolute Gasteiger partial charge is 0.407 e. The topological polar surface area (TPSA) is 64.6 Å². The van der Waals surface area contributed by atoms with Crippen LogP contribution >= 0.6 is 0 Å². The maximum atomic E-state index is 14.5. The van der Waals surface area contributed by atoms with Crippen molar-refractivity contribution in [3.63, 3.8) is 0 Å². The minimum atomic E-state index is -0.585. The molecule has 52 heavy (non-hydrogen) atoms. The zero-order chi connectivity index (χ0) is 37.3. The molecule has 1 N–H and O–H groups in total. The Hall–Kier alpha value is -2.56. The Balaban J connectivity index is 1.20. The largest absolute Gasteiger partial charge is 0.460 e. The van der Waals surface area contributed by atoms with E-state index in [-0.39, 0.29) is 45.7 Å². The maximum Gasteiger partial charge on any atom is 0.407 e. The molecule has 1 amide bonds. The van der Waals surface area contributed by atoms with Crippen LogP contribution in [0.15, 0.2) is 53.6 Å². The van der Waals surface area contributed by atoms with Crippen molar-refractivity contribution >= 4 is 12.1 Å². The molecule has 0 aromatic heterocycles. The van der Waals surface area contributed by atoms with Crippen molar-refractivity contribution in [1.29, 1.82) is 0 Å². The summed E-state index contributed by atoms with van der Waals surface area (Å²) in [5.41, 5.74) is 3.77. The fourth-order valence-electron chi connectivity index (χ4n) is 14.1. The van der Waals surface area contributed by atoms with Gasteiger partial charge >= 0.3 is 12.1 Å². The molecule has 7 rings (SSSR count). The average molecular weight is 712 g/mol. The second-order valence-corrected chi connectivity index (χ2v) is 20.5. The quantitative estimate of drug-likeness (QED) is 0.298. The lowest BCUT2D eigenvalue weighted by Crippen LogP contribution is -2.67. The number of carbonyl (C=O) groups excluding carboxylic acids is 2. The standard InChI is InChI=1S/C47H69NO4/c1-10-31-16-18-33(19-17-31)34-22-25-44(7)37(43(34,5)6)24-26-46(9)38(44)21-20-35-39-36(48-41(50)52-42(2,3)4)23-27-47(39,29-28-45(35,46)8)40(49)51-30-32-14-12-11-13-15-32/h11-15,18,22,31,35-39H,10,16-17,19-21,23-30H2,1-9H3,(H,48,50)/t31?,35-,36-,37+,38-,39+,44+,45-,46-,47+/m1/s1. The van der Waals surface area contributed by atoms with E-state index in [1.165, 1.54) is 51.4 Å². The van der Waals surface area contributed by atoms with Gasteiger partial charge in [0.1, 0.15) is 12.2 Å². The van der Waals surface area contributed by atoms with E-state index in [1.54, 1.807) is 11.1 Å². The second-order valence-electron chi connectivity index (χ2n) is 20.5. The van der Waals surface area contributed by atoms with Crippen LogP contribution in [-0.2, 0) is 20.9 Å². The highest BCUT2D eigenvalue weighted by Crippen LogP contribution is 2.77. The Morgan fingerprint density at radius 1 is 0.846 bits per heavy atom. The van der Waals surface area contributed by atoms with Gasteiger partial charge in [-0.15, -0.1) is 0 Å². The highest BCUT2D eigenvalue weighted by Gasteiger charge is 2.72. The molecule has 6 aliphatic carbocycles. The molecule has 5 nitrogen and oxygen atoms in total. The fourth-order valence-corrected chi connectivity index (χ4v) is 14.1. The van der Waals surface area contributed by atoms with Crippen molar-refractivity contribution in [2.75, 3.05) is 0 Å². The molecule has 4 fully saturated rings. The maximum absolute atomic E-state index is 14.5. The van der Waals surface area contributed by atoms with Gasteiger partial charge in [-0.3, -0.25) is 4.79 Å². The van der Waals surface area contributed by atoms with E-state index in [0.29, 0.717) is 24.4 Å². The molecule has 6 aliphatic rings. The minimum absolute atomic E-state index is 0.0322. The Kier molecular flexibility index (Phi) is 9.67. The van der Waals surface area contributed by atoms with Crippen molar-refractivity contribution in [3.8, 4) is 0 Å². The van der Waals surface area contributed by atoms with Crippen LogP contribution in [0.4, 0.5) is 4.79 Å². The first-order valence-electron chi connectivity index (χ1n) is 21.1. The van der Waals surface area contributed by atoms with Gasteiger partial charge in [0.2, 0.25) is 0 Å². The molecule has 1 aromatic carbocycles. The van der Waals surface area contributed by atoms with Crippen molar-refractivity contribution in [2.45, 2.75) is 164 Å². The number of alkyl carbamates (subject to hydrolysis) is 1. The van der Waals surface area contributed by atoms with Crippen LogP contribution in [0.2, 0.25) is 0 Å². The SMILES string of the molecule is CCC1CC=C(C2=CC[C@]3(C)[C@H]4CC[C@@H]5[C@H]6[C@H](NC(=O)OC(C)(C)C)CC[C@]6(C(=O)OCc6ccccc6)CC[C@@]5(C)[C@]4(C)CC[C@H]3C2(C)C)CC1. The van der Waals surface area contributed by atoms with Gasteiger partial charge in [0.15, 0.2) is 0 Å². The van der Waals surface area contributed by atoms with Gasteiger partial charge in [-0.1, -0.05) is 90.4 Å². The molecule has 4 saturated carbocycles. The summed E-state index contributed by atoms with van der Waals surface area (Å²) in [7, 11) is 0. The summed E-state index contributed by atoms with van der Waals surface area (Å²) in [4.78, 5) is 27.9. The third-order valence-corrected chi connectivity index (χ3v) is 16.8. The molecule has 0 saturated heterocycles. The van der Waals surface area contributed by atoms with Crippen molar-refractivity contribution in [3.05, 3.63) is 59.2 Å². The van der Waals surface area contributed by atoms with Gasteiger partial charge in [-0.05, 0) is 166 Å². The van der Waals surface area contributed by atoms with E-state index >= 15 is 0 Å². The second kappa shape index (κ2) is 13.3. The number of nitrogens with one attached hydrogen (secondary N) is 1. The van der Waals surface area contributed by atoms with Crippen LogP contribution in [-0.4, -0.2) is 23.7 Å². The first kappa shape index (κ1) is 37.7. The minimum Gasteiger partial charge on any atom is -0.460 e. The van der Waals surface area contributed by atoms with E-state index in [0.717, 1.165) is 43.6 Å². The lowest BCUT2D eigenvalue weighted by atomic mass is 9.32. The molecule has 286 valence electrons. The molecule has 0 aliphatic heterocycles. The highest BCUT2D eigenvalue weighted by molar-refractivity contribution is 5.79. The number of esters is 1. The third-order valence-electron chi connectivity index (χ3n) is 16.8. The van der Waals surface area contributed by atoms with Gasteiger partial charge in [-0.25, -0.2) is 4.79 Å². The van der Waals surface area contributed by atoms with Crippen LogP contribution in [0, 0.1) is 56.7 Å². The number of fused-ring (bicyclic) bond motifs is 7. The number of allylic oxidation sites excluding steroid dienone is 4. The summed E-state index contributed by atoms with van der Waals surface area (Å²) < 4.78 is 12.1. The number of benzene rings is 1. The normalized spacial score (nSPS) is 40.9. The number of amides is 1. The van der Waals surface area contributed by atoms with Crippen LogP contribution in [0.3, 0.4) is 0 Å². The monoisotopic (exact) mass is 712 g/mol. The molecule has 0 spiro atoms. The van der Waals surface area contributed by atoms with Gasteiger partial charge in [0, 0.05) is 6.04 Å². The Morgan fingerprint density at radius 3 is 2.27 bits per heavy atom. The summed E-state index contributed by atoms with van der Waals surface area (Å²) >= 11 is 0. The number of carbonyl (C=O) groups is 2. The summed E-state index contributed by atoms with van der Waals surface area (Å²) in [6.07, 6.45) is 19.4. The summed E-state index contributed by atoms with van der Waals surface area (Å²) in [5, 5.41) is 3.35. The van der Waals surface area contributed by atoms with E-state index in [4.69, 9.17) is 9.47 Å². The number of hydrogen-bond acceptors (Lipinski definition) is 4. The average Bonchev–Trinajstić information content (AvgIpc) is 3.46. The molecule has 5 heteroatoms. The van der Waals surface area contributed by atoms with Crippen molar-refractivity contribution in [2.24, 2.45) is 56.7 Å². The Morgan fingerprint density at radius 2 is 1.60 bits per heavy atom. The molecule has 10 atom stereocenters. The van der Waals surface area contributed by atoms with Crippen molar-refractivity contribution < 1.29 is 19.1 Å². The fraction of sp³-hybridized carbons (Fsp3) is 0.745. The van der Waals surface area contributed by atoms with E-state index < -0.39 is 11.0 Å². The van der Waals surface area contributed by atoms with Crippen LogP contribution in [0.1, 0.15) is 151 Å². The van der Waals surface area contributed by atoms with E-state index in [2.05, 4.69) is 59.0 Å². The van der Waals surface area contributed by atoms with Crippen LogP contribution < -0.4 is 5.32 Å². The predicted molar refractivity (Wildman–Crippen MR) is 209 cm³/mol. The molecule has 1 unspecified atom stereocenters. The Labute approximate surface area is 315 Å². The zero-order valence-corrected chi connectivity index (χ0v) is 34.0. The van der Waals surface area contributed by atoms with E-state index in [1.807, 2.05) is 51.1 Å². The summed E-state index contributed by atoms with van der Waals surface area (Å²) in [6, 6.07) is 9.94.